The van der Waals surface area contributed by atoms with Crippen LogP contribution in [0.15, 0.2) is 24.3 Å². The molecule has 1 N–H and O–H groups in total. The van der Waals surface area contributed by atoms with Crippen molar-refractivity contribution in [3.05, 3.63) is 24.3 Å². The van der Waals surface area contributed by atoms with E-state index in [4.69, 9.17) is 0 Å². The summed E-state index contributed by atoms with van der Waals surface area (Å²) < 4.78 is 0. The fraction of sp³-hybridized carbons (Fsp3) is 0.588. The van der Waals surface area contributed by atoms with Gasteiger partial charge in [0.1, 0.15) is 0 Å². The maximum atomic E-state index is 12.2. The van der Waals surface area contributed by atoms with Gasteiger partial charge in [0, 0.05) is 31.0 Å². The van der Waals surface area contributed by atoms with Gasteiger partial charge in [0.15, 0.2) is 0 Å². The lowest BCUT2D eigenvalue weighted by atomic mass is 10.1. The van der Waals surface area contributed by atoms with E-state index in [9.17, 15) is 4.79 Å². The van der Waals surface area contributed by atoms with Crippen molar-refractivity contribution in [1.82, 2.24) is 4.90 Å². The van der Waals surface area contributed by atoms with E-state index in [-0.39, 0.29) is 11.8 Å². The maximum absolute atomic E-state index is 12.2. The molecule has 0 bridgehead atoms. The van der Waals surface area contributed by atoms with Crippen LogP contribution < -0.4 is 10.2 Å². The van der Waals surface area contributed by atoms with Crippen LogP contribution in [0.5, 0.6) is 0 Å². The Morgan fingerprint density at radius 1 is 1.10 bits per heavy atom. The number of hydrogen-bond donors (Lipinski definition) is 1. The van der Waals surface area contributed by atoms with E-state index < -0.39 is 0 Å². The van der Waals surface area contributed by atoms with Crippen LogP contribution in [-0.2, 0) is 4.79 Å². The number of likely N-dealkylation sites (tertiary alicyclic amines) is 1. The minimum absolute atomic E-state index is 0.136. The first-order valence-corrected chi connectivity index (χ1v) is 8.07. The summed E-state index contributed by atoms with van der Waals surface area (Å²) >= 11 is 0. The van der Waals surface area contributed by atoms with Gasteiger partial charge in [0.25, 0.3) is 0 Å². The van der Waals surface area contributed by atoms with Crippen LogP contribution in [0.25, 0.3) is 0 Å². The van der Waals surface area contributed by atoms with Gasteiger partial charge in [0.05, 0.1) is 5.92 Å². The Morgan fingerprint density at radius 3 is 2.43 bits per heavy atom. The quantitative estimate of drug-likeness (QED) is 0.928. The standard InChI is InChI=1S/C17H25N3O/c1-19-12-9-14(13-19)17(21)18-15-5-7-16(8-6-15)20-10-3-2-4-11-20/h5-8,14H,2-4,9-13H2,1H3,(H,18,21). The summed E-state index contributed by atoms with van der Waals surface area (Å²) in [6.07, 6.45) is 4.88. The Balaban J connectivity index is 1.57. The number of carbonyl (C=O) groups excluding carboxylic acids is 1. The molecule has 1 atom stereocenters. The van der Waals surface area contributed by atoms with Crippen LogP contribution in [-0.4, -0.2) is 44.0 Å². The van der Waals surface area contributed by atoms with Gasteiger partial charge < -0.3 is 15.1 Å². The number of rotatable bonds is 3. The van der Waals surface area contributed by atoms with Gasteiger partial charge in [-0.05, 0) is 63.5 Å². The molecule has 0 saturated carbocycles. The topological polar surface area (TPSA) is 35.6 Å². The molecule has 114 valence electrons. The Morgan fingerprint density at radius 2 is 1.81 bits per heavy atom. The van der Waals surface area contributed by atoms with Crippen LogP contribution >= 0.6 is 0 Å². The van der Waals surface area contributed by atoms with Crippen molar-refractivity contribution in [1.29, 1.82) is 0 Å². The van der Waals surface area contributed by atoms with Gasteiger partial charge in [-0.25, -0.2) is 0 Å². The van der Waals surface area contributed by atoms with Gasteiger partial charge in [-0.15, -0.1) is 0 Å². The molecule has 21 heavy (non-hydrogen) atoms. The molecule has 4 nitrogen and oxygen atoms in total. The van der Waals surface area contributed by atoms with E-state index in [1.54, 1.807) is 0 Å². The normalized spacial score (nSPS) is 23.3. The molecule has 2 saturated heterocycles. The molecule has 0 aliphatic carbocycles. The molecule has 3 rings (SSSR count). The molecular formula is C17H25N3O. The molecule has 1 aromatic carbocycles. The van der Waals surface area contributed by atoms with Crippen molar-refractivity contribution in [3.63, 3.8) is 0 Å². The van der Waals surface area contributed by atoms with Gasteiger partial charge in [-0.1, -0.05) is 0 Å². The fourth-order valence-corrected chi connectivity index (χ4v) is 3.30. The molecule has 1 unspecified atom stereocenters. The monoisotopic (exact) mass is 287 g/mol. The molecule has 2 heterocycles. The van der Waals surface area contributed by atoms with Crippen LogP contribution in [0.3, 0.4) is 0 Å². The first-order valence-electron chi connectivity index (χ1n) is 8.07. The first-order chi connectivity index (χ1) is 10.2. The number of benzene rings is 1. The van der Waals surface area contributed by atoms with E-state index in [0.29, 0.717) is 0 Å². The molecule has 2 fully saturated rings. The summed E-state index contributed by atoms with van der Waals surface area (Å²) in [7, 11) is 2.07. The highest BCUT2D eigenvalue weighted by molar-refractivity contribution is 5.93. The van der Waals surface area contributed by atoms with Crippen molar-refractivity contribution >= 4 is 17.3 Å². The van der Waals surface area contributed by atoms with Gasteiger partial charge in [-0.3, -0.25) is 4.79 Å². The van der Waals surface area contributed by atoms with Crippen molar-refractivity contribution in [2.75, 3.05) is 43.4 Å². The summed E-state index contributed by atoms with van der Waals surface area (Å²) in [5, 5.41) is 3.05. The second-order valence-corrected chi connectivity index (χ2v) is 6.33. The first kappa shape index (κ1) is 14.4. The van der Waals surface area contributed by atoms with Crippen LogP contribution in [0.1, 0.15) is 25.7 Å². The molecule has 4 heteroatoms. The van der Waals surface area contributed by atoms with Crippen LogP contribution in [0, 0.1) is 5.92 Å². The predicted octanol–water partition coefficient (Wildman–Crippen LogP) is 2.57. The highest BCUT2D eigenvalue weighted by Gasteiger charge is 2.26. The van der Waals surface area contributed by atoms with Crippen molar-refractivity contribution in [3.8, 4) is 0 Å². The number of amides is 1. The molecule has 0 spiro atoms. The van der Waals surface area contributed by atoms with Gasteiger partial charge >= 0.3 is 0 Å². The molecule has 1 aromatic rings. The number of nitrogens with zero attached hydrogens (tertiary/aromatic N) is 2. The molecule has 0 radical (unpaired) electrons. The lowest BCUT2D eigenvalue weighted by molar-refractivity contribution is -0.119. The van der Waals surface area contributed by atoms with Gasteiger partial charge in [0.2, 0.25) is 5.91 Å². The Hall–Kier alpha value is -1.55. The molecule has 1 amide bonds. The largest absolute Gasteiger partial charge is 0.372 e. The zero-order valence-corrected chi connectivity index (χ0v) is 12.8. The number of nitrogens with one attached hydrogen (secondary N) is 1. The Kier molecular flexibility index (Phi) is 4.44. The van der Waals surface area contributed by atoms with E-state index in [0.717, 1.165) is 38.3 Å². The highest BCUT2D eigenvalue weighted by atomic mass is 16.1. The fourth-order valence-electron chi connectivity index (χ4n) is 3.30. The third kappa shape index (κ3) is 3.56. The van der Waals surface area contributed by atoms with E-state index in [1.807, 2.05) is 12.1 Å². The molecular weight excluding hydrogens is 262 g/mol. The number of hydrogen-bond acceptors (Lipinski definition) is 3. The SMILES string of the molecule is CN1CCC(C(=O)Nc2ccc(N3CCCCC3)cc2)C1. The van der Waals surface area contributed by atoms with E-state index in [2.05, 4.69) is 34.3 Å². The summed E-state index contributed by atoms with van der Waals surface area (Å²) in [5.74, 6) is 0.293. The number of carbonyl (C=O) groups is 1. The van der Waals surface area contributed by atoms with Crippen LogP contribution in [0.2, 0.25) is 0 Å². The minimum atomic E-state index is 0.136. The lowest BCUT2D eigenvalue weighted by Gasteiger charge is -2.28. The average Bonchev–Trinajstić information content (AvgIpc) is 2.96. The average molecular weight is 287 g/mol. The third-order valence-corrected chi connectivity index (χ3v) is 4.62. The second-order valence-electron chi connectivity index (χ2n) is 6.33. The molecule has 2 aliphatic heterocycles. The molecule has 0 aromatic heterocycles. The molecule has 2 aliphatic rings. The smallest absolute Gasteiger partial charge is 0.228 e. The maximum Gasteiger partial charge on any atom is 0.228 e. The zero-order chi connectivity index (χ0) is 14.7. The Bertz CT molecular complexity index is 479. The zero-order valence-electron chi connectivity index (χ0n) is 12.8. The summed E-state index contributed by atoms with van der Waals surface area (Å²) in [6, 6.07) is 8.31. The van der Waals surface area contributed by atoms with Gasteiger partial charge in [-0.2, -0.15) is 0 Å². The predicted molar refractivity (Wildman–Crippen MR) is 86.7 cm³/mol. The highest BCUT2D eigenvalue weighted by Crippen LogP contribution is 2.23. The summed E-state index contributed by atoms with van der Waals surface area (Å²) in [4.78, 5) is 16.8. The Labute approximate surface area is 127 Å². The van der Waals surface area contributed by atoms with Crippen LogP contribution in [0.4, 0.5) is 11.4 Å². The van der Waals surface area contributed by atoms with E-state index >= 15 is 0 Å². The van der Waals surface area contributed by atoms with E-state index in [1.165, 1.54) is 24.9 Å². The summed E-state index contributed by atoms with van der Waals surface area (Å²) in [5.41, 5.74) is 2.18. The minimum Gasteiger partial charge on any atom is -0.372 e. The van der Waals surface area contributed by atoms with Crippen molar-refractivity contribution in [2.45, 2.75) is 25.7 Å². The van der Waals surface area contributed by atoms with Crippen molar-refractivity contribution in [2.24, 2.45) is 5.92 Å². The number of anilines is 2. The second kappa shape index (κ2) is 6.48. The third-order valence-electron chi connectivity index (χ3n) is 4.62. The summed E-state index contributed by atoms with van der Waals surface area (Å²) in [6.45, 7) is 4.20. The number of piperidine rings is 1. The van der Waals surface area contributed by atoms with Crippen molar-refractivity contribution < 1.29 is 4.79 Å². The lowest BCUT2D eigenvalue weighted by Crippen LogP contribution is -2.29.